The summed E-state index contributed by atoms with van der Waals surface area (Å²) in [5.41, 5.74) is 2.48. The van der Waals surface area contributed by atoms with Gasteiger partial charge in [0.15, 0.2) is 0 Å². The fourth-order valence-electron chi connectivity index (χ4n) is 1.70. The van der Waals surface area contributed by atoms with E-state index in [2.05, 4.69) is 15.3 Å². The molecule has 1 N–H and O–H groups in total. The molecular weight excluding hydrogens is 244 g/mol. The molecule has 19 heavy (non-hydrogen) atoms. The molecular formula is C13H14N4O2. The Morgan fingerprint density at radius 3 is 2.68 bits per heavy atom. The number of nitrogens with one attached hydrogen (secondary N) is 1. The molecule has 98 valence electrons. The Balaban J connectivity index is 2.18. The highest BCUT2D eigenvalue weighted by Crippen LogP contribution is 2.25. The molecule has 0 unspecified atom stereocenters. The van der Waals surface area contributed by atoms with Crippen LogP contribution in [0.4, 0.5) is 11.5 Å². The summed E-state index contributed by atoms with van der Waals surface area (Å²) in [6.07, 6.45) is 3.29. The van der Waals surface area contributed by atoms with Gasteiger partial charge in [-0.25, -0.2) is 4.98 Å². The number of nitrogens with zero attached hydrogens (tertiary/aromatic N) is 3. The van der Waals surface area contributed by atoms with E-state index >= 15 is 0 Å². The maximum atomic E-state index is 11.0. The predicted octanol–water partition coefficient (Wildman–Crippen LogP) is 2.61. The summed E-state index contributed by atoms with van der Waals surface area (Å²) in [6, 6.07) is 5.45. The molecule has 0 fully saturated rings. The van der Waals surface area contributed by atoms with Gasteiger partial charge in [-0.3, -0.25) is 15.1 Å². The molecule has 0 aliphatic heterocycles. The number of aryl methyl sites for hydroxylation is 2. The molecule has 2 rings (SSSR count). The van der Waals surface area contributed by atoms with Crippen LogP contribution in [0.15, 0.2) is 30.6 Å². The Labute approximate surface area is 110 Å². The highest BCUT2D eigenvalue weighted by Gasteiger charge is 2.17. The standard InChI is InChI=1S/C13H14N4O2/c1-9-5-6-14-13(12(9)17(18)19)16-8-11-4-3-10(2)15-7-11/h3-7H,8H2,1-2H3,(H,14,16). The van der Waals surface area contributed by atoms with E-state index in [4.69, 9.17) is 0 Å². The van der Waals surface area contributed by atoms with Crippen molar-refractivity contribution in [2.75, 3.05) is 5.32 Å². The van der Waals surface area contributed by atoms with Crippen LogP contribution in [0.2, 0.25) is 0 Å². The van der Waals surface area contributed by atoms with Gasteiger partial charge in [0.05, 0.1) is 4.92 Å². The summed E-state index contributed by atoms with van der Waals surface area (Å²) in [5, 5.41) is 14.0. The molecule has 0 saturated carbocycles. The Morgan fingerprint density at radius 2 is 2.05 bits per heavy atom. The molecule has 0 aromatic carbocycles. The maximum Gasteiger partial charge on any atom is 0.314 e. The number of nitro groups is 1. The quantitative estimate of drug-likeness (QED) is 0.673. The molecule has 0 aliphatic rings. The largest absolute Gasteiger partial charge is 0.360 e. The van der Waals surface area contributed by atoms with Crippen molar-refractivity contribution in [3.05, 3.63) is 57.5 Å². The molecule has 0 bridgehead atoms. The van der Waals surface area contributed by atoms with Crippen LogP contribution in [-0.4, -0.2) is 14.9 Å². The highest BCUT2D eigenvalue weighted by molar-refractivity contribution is 5.59. The van der Waals surface area contributed by atoms with Gasteiger partial charge in [0, 0.05) is 30.2 Å². The molecule has 0 atom stereocenters. The summed E-state index contributed by atoms with van der Waals surface area (Å²) >= 11 is 0. The average Bonchev–Trinajstić information content (AvgIpc) is 2.37. The molecule has 2 aromatic rings. The zero-order valence-electron chi connectivity index (χ0n) is 10.8. The number of anilines is 1. The van der Waals surface area contributed by atoms with E-state index in [-0.39, 0.29) is 11.5 Å². The van der Waals surface area contributed by atoms with Crippen molar-refractivity contribution >= 4 is 11.5 Å². The molecule has 2 heterocycles. The van der Waals surface area contributed by atoms with Crippen LogP contribution in [0.1, 0.15) is 16.8 Å². The minimum atomic E-state index is -0.419. The maximum absolute atomic E-state index is 11.0. The Morgan fingerprint density at radius 1 is 1.26 bits per heavy atom. The van der Waals surface area contributed by atoms with Crippen LogP contribution in [0.25, 0.3) is 0 Å². The van der Waals surface area contributed by atoms with Gasteiger partial charge < -0.3 is 5.32 Å². The fourth-order valence-corrected chi connectivity index (χ4v) is 1.70. The van der Waals surface area contributed by atoms with Gasteiger partial charge >= 0.3 is 5.69 Å². The molecule has 0 spiro atoms. The minimum absolute atomic E-state index is 0.0163. The average molecular weight is 258 g/mol. The van der Waals surface area contributed by atoms with E-state index in [9.17, 15) is 10.1 Å². The number of hydrogen-bond donors (Lipinski definition) is 1. The van der Waals surface area contributed by atoms with Crippen LogP contribution in [-0.2, 0) is 6.54 Å². The van der Waals surface area contributed by atoms with Gasteiger partial charge in [-0.2, -0.15) is 0 Å². The summed E-state index contributed by atoms with van der Waals surface area (Å²) in [7, 11) is 0. The third kappa shape index (κ3) is 3.04. The van der Waals surface area contributed by atoms with Crippen molar-refractivity contribution < 1.29 is 4.92 Å². The monoisotopic (exact) mass is 258 g/mol. The molecule has 0 aliphatic carbocycles. The van der Waals surface area contributed by atoms with Crippen LogP contribution in [0.3, 0.4) is 0 Å². The van der Waals surface area contributed by atoms with Gasteiger partial charge in [0.25, 0.3) is 0 Å². The van der Waals surface area contributed by atoms with Gasteiger partial charge in [-0.1, -0.05) is 6.07 Å². The number of hydrogen-bond acceptors (Lipinski definition) is 5. The first kappa shape index (κ1) is 12.9. The van der Waals surface area contributed by atoms with Crippen LogP contribution in [0, 0.1) is 24.0 Å². The summed E-state index contributed by atoms with van der Waals surface area (Å²) in [4.78, 5) is 18.8. The first-order valence-corrected chi connectivity index (χ1v) is 5.83. The van der Waals surface area contributed by atoms with E-state index in [1.807, 2.05) is 19.1 Å². The van der Waals surface area contributed by atoms with Gasteiger partial charge in [0.1, 0.15) is 0 Å². The molecule has 6 heteroatoms. The Hall–Kier alpha value is -2.50. The van der Waals surface area contributed by atoms with E-state index in [0.717, 1.165) is 11.3 Å². The third-order valence-corrected chi connectivity index (χ3v) is 2.74. The van der Waals surface area contributed by atoms with Gasteiger partial charge in [-0.05, 0) is 31.5 Å². The molecule has 0 radical (unpaired) electrons. The van der Waals surface area contributed by atoms with Crippen molar-refractivity contribution in [1.29, 1.82) is 0 Å². The van der Waals surface area contributed by atoms with Crippen LogP contribution in [0.5, 0.6) is 0 Å². The first-order valence-electron chi connectivity index (χ1n) is 5.83. The van der Waals surface area contributed by atoms with Gasteiger partial charge in [0.2, 0.25) is 5.82 Å². The topological polar surface area (TPSA) is 81.0 Å². The number of pyridine rings is 2. The van der Waals surface area contributed by atoms with Crippen LogP contribution < -0.4 is 5.32 Å². The Bertz CT molecular complexity index is 596. The van der Waals surface area contributed by atoms with Crippen molar-refractivity contribution in [1.82, 2.24) is 9.97 Å². The second-order valence-corrected chi connectivity index (χ2v) is 4.24. The van der Waals surface area contributed by atoms with Gasteiger partial charge in [-0.15, -0.1) is 0 Å². The Kier molecular flexibility index (Phi) is 3.70. The molecule has 6 nitrogen and oxygen atoms in total. The smallest absolute Gasteiger partial charge is 0.314 e. The predicted molar refractivity (Wildman–Crippen MR) is 71.9 cm³/mol. The van der Waals surface area contributed by atoms with E-state index in [0.29, 0.717) is 12.1 Å². The number of rotatable bonds is 4. The second kappa shape index (κ2) is 5.43. The molecule has 0 saturated heterocycles. The minimum Gasteiger partial charge on any atom is -0.360 e. The lowest BCUT2D eigenvalue weighted by Gasteiger charge is -2.07. The normalized spacial score (nSPS) is 10.2. The molecule has 2 aromatic heterocycles. The van der Waals surface area contributed by atoms with E-state index < -0.39 is 4.92 Å². The van der Waals surface area contributed by atoms with Crippen molar-refractivity contribution in [3.63, 3.8) is 0 Å². The SMILES string of the molecule is Cc1ccc(CNc2nccc(C)c2[N+](=O)[O-])cn1. The van der Waals surface area contributed by atoms with Crippen LogP contribution >= 0.6 is 0 Å². The van der Waals surface area contributed by atoms with Crippen molar-refractivity contribution in [3.8, 4) is 0 Å². The third-order valence-electron chi connectivity index (χ3n) is 2.74. The van der Waals surface area contributed by atoms with E-state index in [1.165, 1.54) is 0 Å². The first-order chi connectivity index (χ1) is 9.08. The zero-order chi connectivity index (χ0) is 13.8. The zero-order valence-corrected chi connectivity index (χ0v) is 10.8. The lowest BCUT2D eigenvalue weighted by Crippen LogP contribution is -2.06. The van der Waals surface area contributed by atoms with Crippen molar-refractivity contribution in [2.24, 2.45) is 0 Å². The van der Waals surface area contributed by atoms with E-state index in [1.54, 1.807) is 25.4 Å². The lowest BCUT2D eigenvalue weighted by molar-refractivity contribution is -0.384. The van der Waals surface area contributed by atoms with Crippen molar-refractivity contribution in [2.45, 2.75) is 20.4 Å². The fraction of sp³-hybridized carbons (Fsp3) is 0.231. The summed E-state index contributed by atoms with van der Waals surface area (Å²) in [5.74, 6) is 0.283. The second-order valence-electron chi connectivity index (χ2n) is 4.24. The molecule has 0 amide bonds. The number of aromatic nitrogens is 2. The summed E-state index contributed by atoms with van der Waals surface area (Å²) < 4.78 is 0. The highest BCUT2D eigenvalue weighted by atomic mass is 16.6. The lowest BCUT2D eigenvalue weighted by atomic mass is 10.2. The summed E-state index contributed by atoms with van der Waals surface area (Å²) in [6.45, 7) is 4.05.